The van der Waals surface area contributed by atoms with E-state index in [1.165, 1.54) is 5.69 Å². The van der Waals surface area contributed by atoms with E-state index in [0.29, 0.717) is 0 Å². The maximum atomic E-state index is 5.83. The molecule has 0 spiro atoms. The lowest BCUT2D eigenvalue weighted by Gasteiger charge is -2.11. The number of rotatable bonds is 6. The Kier molecular flexibility index (Phi) is 4.70. The Balaban J connectivity index is 2.38. The fourth-order valence-corrected chi connectivity index (χ4v) is 1.45. The Morgan fingerprint density at radius 1 is 1.50 bits per heavy atom. The third-order valence-corrected chi connectivity index (χ3v) is 2.16. The highest BCUT2D eigenvalue weighted by molar-refractivity contribution is 5.10. The largest absolute Gasteiger partial charge is 0.380 e. The van der Waals surface area contributed by atoms with Crippen molar-refractivity contribution in [3.8, 4) is 0 Å². The molecule has 80 valence electrons. The Bertz CT molecular complexity index is 256. The topological polar surface area (TPSA) is 40.2 Å². The quantitative estimate of drug-likeness (QED) is 0.706. The van der Waals surface area contributed by atoms with Crippen LogP contribution in [0.25, 0.3) is 0 Å². The van der Waals surface area contributed by atoms with Gasteiger partial charge in [-0.3, -0.25) is 0 Å². The van der Waals surface area contributed by atoms with Gasteiger partial charge in [-0.05, 0) is 25.5 Å². The third kappa shape index (κ3) is 3.16. The highest BCUT2D eigenvalue weighted by atomic mass is 16.5. The molecule has 0 aliphatic rings. The summed E-state index contributed by atoms with van der Waals surface area (Å²) >= 11 is 0. The molecule has 0 saturated carbocycles. The summed E-state index contributed by atoms with van der Waals surface area (Å²) in [5.41, 5.74) is 7.00. The SMILES string of the molecule is CCCOCCn1cccc1C(C)N. The van der Waals surface area contributed by atoms with Crippen molar-refractivity contribution < 1.29 is 4.74 Å². The lowest BCUT2D eigenvalue weighted by molar-refractivity contribution is 0.126. The zero-order chi connectivity index (χ0) is 10.4. The summed E-state index contributed by atoms with van der Waals surface area (Å²) in [4.78, 5) is 0. The van der Waals surface area contributed by atoms with Crippen molar-refractivity contribution in [2.24, 2.45) is 5.73 Å². The third-order valence-electron chi connectivity index (χ3n) is 2.16. The van der Waals surface area contributed by atoms with Crippen molar-refractivity contribution >= 4 is 0 Å². The number of nitrogens with zero attached hydrogens (tertiary/aromatic N) is 1. The average molecular weight is 196 g/mol. The molecule has 0 amide bonds. The molecule has 0 aliphatic carbocycles. The van der Waals surface area contributed by atoms with Gasteiger partial charge in [-0.15, -0.1) is 0 Å². The van der Waals surface area contributed by atoms with Crippen LogP contribution in [0, 0.1) is 0 Å². The Morgan fingerprint density at radius 3 is 2.93 bits per heavy atom. The van der Waals surface area contributed by atoms with Gasteiger partial charge in [0.05, 0.1) is 6.61 Å². The summed E-state index contributed by atoms with van der Waals surface area (Å²) in [7, 11) is 0. The van der Waals surface area contributed by atoms with E-state index < -0.39 is 0 Å². The van der Waals surface area contributed by atoms with E-state index in [-0.39, 0.29) is 6.04 Å². The number of ether oxygens (including phenoxy) is 1. The monoisotopic (exact) mass is 196 g/mol. The van der Waals surface area contributed by atoms with Crippen LogP contribution in [0.15, 0.2) is 18.3 Å². The Hall–Kier alpha value is -0.800. The summed E-state index contributed by atoms with van der Waals surface area (Å²) in [6, 6.07) is 4.18. The zero-order valence-corrected chi connectivity index (χ0v) is 9.07. The van der Waals surface area contributed by atoms with Gasteiger partial charge in [-0.2, -0.15) is 0 Å². The first-order chi connectivity index (χ1) is 6.75. The molecule has 1 unspecified atom stereocenters. The van der Waals surface area contributed by atoms with Crippen LogP contribution >= 0.6 is 0 Å². The van der Waals surface area contributed by atoms with E-state index in [1.54, 1.807) is 0 Å². The summed E-state index contributed by atoms with van der Waals surface area (Å²) in [6.07, 6.45) is 3.12. The van der Waals surface area contributed by atoms with Crippen LogP contribution in [-0.4, -0.2) is 17.8 Å². The number of aromatic nitrogens is 1. The second kappa shape index (κ2) is 5.83. The maximum Gasteiger partial charge on any atom is 0.0645 e. The van der Waals surface area contributed by atoms with Gasteiger partial charge in [-0.25, -0.2) is 0 Å². The summed E-state index contributed by atoms with van der Waals surface area (Å²) in [5.74, 6) is 0. The molecule has 1 rings (SSSR count). The van der Waals surface area contributed by atoms with Gasteiger partial charge in [0, 0.05) is 31.1 Å². The fraction of sp³-hybridized carbons (Fsp3) is 0.636. The van der Waals surface area contributed by atoms with Gasteiger partial charge in [-0.1, -0.05) is 6.92 Å². The molecule has 3 nitrogen and oxygen atoms in total. The summed E-state index contributed by atoms with van der Waals surface area (Å²) in [6.45, 7) is 6.61. The molecule has 3 heteroatoms. The van der Waals surface area contributed by atoms with Crippen molar-refractivity contribution in [1.29, 1.82) is 0 Å². The molecular formula is C11H20N2O. The molecule has 1 atom stereocenters. The smallest absolute Gasteiger partial charge is 0.0645 e. The molecule has 0 radical (unpaired) electrons. The predicted octanol–water partition coefficient (Wildman–Crippen LogP) is 1.93. The second-order valence-corrected chi connectivity index (χ2v) is 3.53. The minimum Gasteiger partial charge on any atom is -0.380 e. The lowest BCUT2D eigenvalue weighted by Crippen LogP contribution is -2.14. The zero-order valence-electron chi connectivity index (χ0n) is 9.07. The molecule has 2 N–H and O–H groups in total. The van der Waals surface area contributed by atoms with Crippen LogP contribution in [0.5, 0.6) is 0 Å². The predicted molar refractivity (Wildman–Crippen MR) is 58.1 cm³/mol. The average Bonchev–Trinajstić information content (AvgIpc) is 2.60. The first-order valence-electron chi connectivity index (χ1n) is 5.24. The number of nitrogens with two attached hydrogens (primary N) is 1. The number of hydrogen-bond donors (Lipinski definition) is 1. The van der Waals surface area contributed by atoms with Gasteiger partial charge in [0.25, 0.3) is 0 Å². The second-order valence-electron chi connectivity index (χ2n) is 3.53. The van der Waals surface area contributed by atoms with Crippen LogP contribution in [0.3, 0.4) is 0 Å². The van der Waals surface area contributed by atoms with Gasteiger partial charge in [0.2, 0.25) is 0 Å². The van der Waals surface area contributed by atoms with Crippen LogP contribution in [-0.2, 0) is 11.3 Å². The standard InChI is InChI=1S/C11H20N2O/c1-3-8-14-9-7-13-6-4-5-11(13)10(2)12/h4-6,10H,3,7-9,12H2,1-2H3. The molecule has 14 heavy (non-hydrogen) atoms. The van der Waals surface area contributed by atoms with Gasteiger partial charge in [0.1, 0.15) is 0 Å². The summed E-state index contributed by atoms with van der Waals surface area (Å²) in [5, 5.41) is 0. The van der Waals surface area contributed by atoms with Crippen LogP contribution in [0.4, 0.5) is 0 Å². The van der Waals surface area contributed by atoms with E-state index in [9.17, 15) is 0 Å². The van der Waals surface area contributed by atoms with Crippen LogP contribution in [0.1, 0.15) is 32.0 Å². The number of hydrogen-bond acceptors (Lipinski definition) is 2. The maximum absolute atomic E-state index is 5.83. The molecule has 0 fully saturated rings. The minimum atomic E-state index is 0.0937. The normalized spacial score (nSPS) is 13.1. The fourth-order valence-electron chi connectivity index (χ4n) is 1.45. The molecule has 1 aromatic heterocycles. The Labute approximate surface area is 85.9 Å². The van der Waals surface area contributed by atoms with Crippen molar-refractivity contribution in [1.82, 2.24) is 4.57 Å². The van der Waals surface area contributed by atoms with E-state index in [2.05, 4.69) is 17.6 Å². The van der Waals surface area contributed by atoms with Crippen molar-refractivity contribution in [3.63, 3.8) is 0 Å². The Morgan fingerprint density at radius 2 is 2.29 bits per heavy atom. The highest BCUT2D eigenvalue weighted by Gasteiger charge is 2.04. The summed E-state index contributed by atoms with van der Waals surface area (Å²) < 4.78 is 7.58. The lowest BCUT2D eigenvalue weighted by atomic mass is 10.2. The molecule has 1 heterocycles. The van der Waals surface area contributed by atoms with Crippen LogP contribution < -0.4 is 5.73 Å². The molecule has 0 aliphatic heterocycles. The van der Waals surface area contributed by atoms with Crippen LogP contribution in [0.2, 0.25) is 0 Å². The van der Waals surface area contributed by atoms with E-state index in [0.717, 1.165) is 26.2 Å². The van der Waals surface area contributed by atoms with E-state index >= 15 is 0 Å². The first kappa shape index (κ1) is 11.3. The molecular weight excluding hydrogens is 176 g/mol. The van der Waals surface area contributed by atoms with Gasteiger partial charge >= 0.3 is 0 Å². The molecule has 0 aromatic carbocycles. The first-order valence-corrected chi connectivity index (χ1v) is 5.24. The van der Waals surface area contributed by atoms with Crippen molar-refractivity contribution in [2.75, 3.05) is 13.2 Å². The highest BCUT2D eigenvalue weighted by Crippen LogP contribution is 2.10. The molecule has 0 bridgehead atoms. The van der Waals surface area contributed by atoms with E-state index in [4.69, 9.17) is 10.5 Å². The van der Waals surface area contributed by atoms with Crippen molar-refractivity contribution in [2.45, 2.75) is 32.9 Å². The molecule has 0 saturated heterocycles. The van der Waals surface area contributed by atoms with Crippen molar-refractivity contribution in [3.05, 3.63) is 24.0 Å². The minimum absolute atomic E-state index is 0.0937. The van der Waals surface area contributed by atoms with E-state index in [1.807, 2.05) is 19.2 Å². The van der Waals surface area contributed by atoms with Gasteiger partial charge < -0.3 is 15.0 Å². The van der Waals surface area contributed by atoms with Gasteiger partial charge in [0.15, 0.2) is 0 Å². The molecule has 1 aromatic rings.